The number of hydrogen-bond donors (Lipinski definition) is 1. The highest BCUT2D eigenvalue weighted by molar-refractivity contribution is 6.08. The Balaban J connectivity index is 2.88. The van der Waals surface area contributed by atoms with Crippen LogP contribution in [0.5, 0.6) is 0 Å². The second kappa shape index (κ2) is 18.2. The number of nitrogens with two attached hydrogens (primary N) is 1. The van der Waals surface area contributed by atoms with Crippen LogP contribution in [0.2, 0.25) is 6.04 Å². The van der Waals surface area contributed by atoms with Crippen molar-refractivity contribution < 1.29 is 0 Å². The van der Waals surface area contributed by atoms with Gasteiger partial charge in [-0.25, -0.2) is 0 Å². The van der Waals surface area contributed by atoms with Gasteiger partial charge in [-0.05, 0) is 13.0 Å². The van der Waals surface area contributed by atoms with E-state index in [0.717, 1.165) is 6.54 Å². The van der Waals surface area contributed by atoms with Crippen LogP contribution in [-0.2, 0) is 0 Å². The highest BCUT2D eigenvalue weighted by Gasteiger charge is 1.94. The summed E-state index contributed by atoms with van der Waals surface area (Å²) in [5.41, 5.74) is 5.48. The number of hydrogen-bond acceptors (Lipinski definition) is 1. The SMILES string of the molecule is NCCCCCCCCCCCCCCCCC[SiH3]. The van der Waals surface area contributed by atoms with E-state index in [9.17, 15) is 0 Å². The van der Waals surface area contributed by atoms with Gasteiger partial charge in [0.15, 0.2) is 0 Å². The third-order valence-corrected chi connectivity index (χ3v) is 4.76. The van der Waals surface area contributed by atoms with Crippen molar-refractivity contribution >= 4 is 10.2 Å². The third kappa shape index (κ3) is 18.2. The molecular weight excluding hydrogens is 246 g/mol. The first-order chi connectivity index (χ1) is 9.41. The topological polar surface area (TPSA) is 26.0 Å². The molecule has 0 radical (unpaired) electrons. The zero-order chi connectivity index (χ0) is 14.0. The molecule has 0 aliphatic carbocycles. The standard InChI is InChI=1S/C17H39NSi/c18-16-14-12-10-8-6-4-2-1-3-5-7-9-11-13-15-17-19/h1-18H2,19H3. The van der Waals surface area contributed by atoms with Gasteiger partial charge >= 0.3 is 0 Å². The van der Waals surface area contributed by atoms with Crippen LogP contribution in [0.4, 0.5) is 0 Å². The molecule has 0 aliphatic rings. The van der Waals surface area contributed by atoms with Gasteiger partial charge in [0.25, 0.3) is 0 Å². The molecule has 0 aromatic heterocycles. The molecule has 0 amide bonds. The molecule has 0 heterocycles. The van der Waals surface area contributed by atoms with Crippen molar-refractivity contribution in [3.8, 4) is 0 Å². The lowest BCUT2D eigenvalue weighted by atomic mass is 10.0. The van der Waals surface area contributed by atoms with Gasteiger partial charge in [0.05, 0.1) is 0 Å². The smallest absolute Gasteiger partial charge is 0.00279 e. The van der Waals surface area contributed by atoms with Crippen molar-refractivity contribution in [2.24, 2.45) is 5.73 Å². The van der Waals surface area contributed by atoms with Gasteiger partial charge in [-0.2, -0.15) is 0 Å². The van der Waals surface area contributed by atoms with Gasteiger partial charge in [-0.3, -0.25) is 0 Å². The molecule has 0 bridgehead atoms. The van der Waals surface area contributed by atoms with Gasteiger partial charge in [0.2, 0.25) is 0 Å². The van der Waals surface area contributed by atoms with E-state index in [-0.39, 0.29) is 0 Å². The fourth-order valence-electron chi connectivity index (χ4n) is 2.69. The van der Waals surface area contributed by atoms with Crippen LogP contribution in [-0.4, -0.2) is 16.8 Å². The van der Waals surface area contributed by atoms with E-state index < -0.39 is 0 Å². The molecule has 0 unspecified atom stereocenters. The maximum absolute atomic E-state index is 5.48. The third-order valence-electron chi connectivity index (χ3n) is 4.06. The van der Waals surface area contributed by atoms with E-state index in [4.69, 9.17) is 5.73 Å². The summed E-state index contributed by atoms with van der Waals surface area (Å²) in [6.45, 7) is 0.875. The summed E-state index contributed by atoms with van der Waals surface area (Å²) in [5.74, 6) is 0. The Hall–Kier alpha value is 0.177. The first-order valence-electron chi connectivity index (χ1n) is 9.12. The normalized spacial score (nSPS) is 11.2. The lowest BCUT2D eigenvalue weighted by Gasteiger charge is -2.03. The molecule has 2 heteroatoms. The summed E-state index contributed by atoms with van der Waals surface area (Å²) in [5, 5.41) is 0. The van der Waals surface area contributed by atoms with Gasteiger partial charge in [0, 0.05) is 10.2 Å². The second-order valence-corrected chi connectivity index (χ2v) is 7.09. The Kier molecular flexibility index (Phi) is 18.3. The summed E-state index contributed by atoms with van der Waals surface area (Å²) in [7, 11) is 1.40. The molecule has 116 valence electrons. The molecule has 2 N–H and O–H groups in total. The fraction of sp³-hybridized carbons (Fsp3) is 1.00. The Bertz CT molecular complexity index is 134. The molecule has 0 saturated heterocycles. The Morgan fingerprint density at radius 3 is 0.947 bits per heavy atom. The van der Waals surface area contributed by atoms with Crippen molar-refractivity contribution in [1.29, 1.82) is 0 Å². The van der Waals surface area contributed by atoms with Crippen LogP contribution in [0, 0.1) is 0 Å². The molecular formula is C17H39NSi. The maximum atomic E-state index is 5.48. The molecule has 0 spiro atoms. The molecule has 0 aromatic rings. The highest BCUT2D eigenvalue weighted by atomic mass is 28.1. The molecule has 0 saturated carbocycles. The molecule has 0 rings (SSSR count). The Morgan fingerprint density at radius 2 is 0.684 bits per heavy atom. The van der Waals surface area contributed by atoms with E-state index in [1.807, 2.05) is 0 Å². The predicted octanol–water partition coefficient (Wildman–Crippen LogP) is 4.58. The van der Waals surface area contributed by atoms with Crippen LogP contribution in [0.25, 0.3) is 0 Å². The molecule has 0 atom stereocenters. The van der Waals surface area contributed by atoms with Crippen molar-refractivity contribution in [3.63, 3.8) is 0 Å². The first-order valence-corrected chi connectivity index (χ1v) is 10.5. The van der Waals surface area contributed by atoms with Gasteiger partial charge in [0.1, 0.15) is 0 Å². The number of rotatable bonds is 16. The average molecular weight is 286 g/mol. The summed E-state index contributed by atoms with van der Waals surface area (Å²) < 4.78 is 0. The van der Waals surface area contributed by atoms with Crippen LogP contribution in [0.3, 0.4) is 0 Å². The van der Waals surface area contributed by atoms with Crippen LogP contribution < -0.4 is 5.73 Å². The van der Waals surface area contributed by atoms with Crippen molar-refractivity contribution in [2.75, 3.05) is 6.54 Å². The highest BCUT2D eigenvalue weighted by Crippen LogP contribution is 2.13. The van der Waals surface area contributed by atoms with E-state index >= 15 is 0 Å². The minimum absolute atomic E-state index is 0.875. The van der Waals surface area contributed by atoms with Gasteiger partial charge < -0.3 is 5.73 Å². The van der Waals surface area contributed by atoms with Crippen LogP contribution >= 0.6 is 0 Å². The molecule has 1 nitrogen and oxygen atoms in total. The lowest BCUT2D eigenvalue weighted by Crippen LogP contribution is -1.97. The average Bonchev–Trinajstić information content (AvgIpc) is 2.43. The van der Waals surface area contributed by atoms with Gasteiger partial charge in [-0.1, -0.05) is 95.9 Å². The minimum Gasteiger partial charge on any atom is -0.330 e. The van der Waals surface area contributed by atoms with Crippen molar-refractivity contribution in [2.45, 2.75) is 102 Å². The zero-order valence-corrected chi connectivity index (χ0v) is 15.6. The monoisotopic (exact) mass is 285 g/mol. The van der Waals surface area contributed by atoms with Crippen molar-refractivity contribution in [1.82, 2.24) is 0 Å². The zero-order valence-electron chi connectivity index (χ0n) is 13.6. The molecule has 0 fully saturated rings. The van der Waals surface area contributed by atoms with E-state index in [1.54, 1.807) is 0 Å². The minimum atomic E-state index is 0.875. The van der Waals surface area contributed by atoms with Crippen LogP contribution in [0.15, 0.2) is 0 Å². The molecule has 19 heavy (non-hydrogen) atoms. The van der Waals surface area contributed by atoms with E-state index in [1.165, 1.54) is 113 Å². The largest absolute Gasteiger partial charge is 0.330 e. The summed E-state index contributed by atoms with van der Waals surface area (Å²) in [6, 6.07) is 1.51. The molecule has 0 aromatic carbocycles. The van der Waals surface area contributed by atoms with E-state index in [0.29, 0.717) is 0 Å². The van der Waals surface area contributed by atoms with Gasteiger partial charge in [-0.15, -0.1) is 0 Å². The maximum Gasteiger partial charge on any atom is 0.00279 e. The Labute approximate surface area is 125 Å². The quantitative estimate of drug-likeness (QED) is 0.326. The number of unbranched alkanes of at least 4 members (excludes halogenated alkanes) is 14. The molecule has 0 aliphatic heterocycles. The second-order valence-electron chi connectivity index (χ2n) is 6.09. The summed E-state index contributed by atoms with van der Waals surface area (Å²) in [6.07, 6.45) is 21.7. The lowest BCUT2D eigenvalue weighted by molar-refractivity contribution is 0.533. The van der Waals surface area contributed by atoms with E-state index in [2.05, 4.69) is 0 Å². The summed E-state index contributed by atoms with van der Waals surface area (Å²) >= 11 is 0. The summed E-state index contributed by atoms with van der Waals surface area (Å²) in [4.78, 5) is 0. The first kappa shape index (κ1) is 19.2. The predicted molar refractivity (Wildman–Crippen MR) is 93.1 cm³/mol. The van der Waals surface area contributed by atoms with Crippen LogP contribution in [0.1, 0.15) is 96.3 Å². The van der Waals surface area contributed by atoms with Crippen molar-refractivity contribution in [3.05, 3.63) is 0 Å². The fourth-order valence-corrected chi connectivity index (χ4v) is 3.19. The Morgan fingerprint density at radius 1 is 0.421 bits per heavy atom.